The Morgan fingerprint density at radius 3 is 2.47 bits per heavy atom. The number of esters is 1. The molecule has 0 N–H and O–H groups in total. The van der Waals surface area contributed by atoms with Crippen molar-refractivity contribution in [2.75, 3.05) is 32.9 Å². The molecule has 0 aliphatic carbocycles. The third-order valence-electron chi connectivity index (χ3n) is 4.72. The van der Waals surface area contributed by atoms with E-state index in [9.17, 15) is 13.2 Å². The van der Waals surface area contributed by atoms with Crippen molar-refractivity contribution >= 4 is 27.8 Å². The first-order chi connectivity index (χ1) is 14.4. The van der Waals surface area contributed by atoms with Crippen molar-refractivity contribution in [3.63, 3.8) is 0 Å². The number of rotatable bonds is 8. The van der Waals surface area contributed by atoms with Crippen LogP contribution in [0.4, 0.5) is 0 Å². The summed E-state index contributed by atoms with van der Waals surface area (Å²) in [5.74, 6) is 0.318. The van der Waals surface area contributed by atoms with E-state index in [-0.39, 0.29) is 16.1 Å². The third kappa shape index (κ3) is 4.85. The summed E-state index contributed by atoms with van der Waals surface area (Å²) in [7, 11) is -1.73. The average molecular weight is 455 g/mol. The molecule has 1 aliphatic heterocycles. The number of hydrogen-bond donors (Lipinski definition) is 0. The van der Waals surface area contributed by atoms with Gasteiger partial charge in [0, 0.05) is 25.7 Å². The Balaban J connectivity index is 1.78. The topological polar surface area (TPSA) is 104 Å². The molecule has 0 radical (unpaired) electrons. The SMILES string of the molecule is CCOC(=O)[C@H](CC)Sc1nnc(-c2ccc(S(=O)(=O)N3CCOCC3)cc2)n1C. The van der Waals surface area contributed by atoms with Gasteiger partial charge in [-0.2, -0.15) is 4.31 Å². The molecule has 164 valence electrons. The van der Waals surface area contributed by atoms with Crippen LogP contribution in [0.25, 0.3) is 11.4 Å². The molecule has 11 heteroatoms. The molecule has 0 spiro atoms. The van der Waals surface area contributed by atoms with Crippen molar-refractivity contribution in [3.05, 3.63) is 24.3 Å². The lowest BCUT2D eigenvalue weighted by atomic mass is 10.2. The summed E-state index contributed by atoms with van der Waals surface area (Å²) in [6.07, 6.45) is 0.611. The number of ether oxygens (including phenoxy) is 2. The molecule has 1 atom stereocenters. The summed E-state index contributed by atoms with van der Waals surface area (Å²) < 4.78 is 39.1. The Morgan fingerprint density at radius 1 is 1.20 bits per heavy atom. The van der Waals surface area contributed by atoms with Gasteiger partial charge in [-0.15, -0.1) is 10.2 Å². The van der Waals surface area contributed by atoms with Gasteiger partial charge in [0.2, 0.25) is 10.0 Å². The van der Waals surface area contributed by atoms with E-state index in [1.807, 2.05) is 14.0 Å². The Bertz CT molecular complexity index is 969. The van der Waals surface area contributed by atoms with Crippen molar-refractivity contribution in [2.45, 2.75) is 35.6 Å². The van der Waals surface area contributed by atoms with Crippen LogP contribution in [0.1, 0.15) is 20.3 Å². The quantitative estimate of drug-likeness (QED) is 0.440. The number of sulfonamides is 1. The predicted octanol–water partition coefficient (Wildman–Crippen LogP) is 1.94. The highest BCUT2D eigenvalue weighted by Crippen LogP contribution is 2.28. The van der Waals surface area contributed by atoms with Gasteiger partial charge in [-0.3, -0.25) is 4.79 Å². The molecule has 2 aromatic rings. The minimum atomic E-state index is -3.55. The van der Waals surface area contributed by atoms with Gasteiger partial charge in [0.1, 0.15) is 5.25 Å². The molecule has 3 rings (SSSR count). The number of carbonyl (C=O) groups excluding carboxylic acids is 1. The maximum absolute atomic E-state index is 12.8. The lowest BCUT2D eigenvalue weighted by Crippen LogP contribution is -2.40. The standard InChI is InChI=1S/C19H26N4O5S2/c1-4-16(18(24)28-5-2)29-19-21-20-17(22(19)3)14-6-8-15(9-7-14)30(25,26)23-10-12-27-13-11-23/h6-9,16H,4-5,10-13H2,1-3H3/t16-/m0/s1. The third-order valence-corrected chi connectivity index (χ3v) is 8.01. The summed E-state index contributed by atoms with van der Waals surface area (Å²) in [6, 6.07) is 6.59. The van der Waals surface area contributed by atoms with Crippen LogP contribution in [0.2, 0.25) is 0 Å². The van der Waals surface area contributed by atoms with E-state index < -0.39 is 10.0 Å². The van der Waals surface area contributed by atoms with E-state index in [4.69, 9.17) is 9.47 Å². The maximum atomic E-state index is 12.8. The van der Waals surface area contributed by atoms with Crippen LogP contribution in [0.15, 0.2) is 34.3 Å². The molecular formula is C19H26N4O5S2. The van der Waals surface area contributed by atoms with E-state index in [1.165, 1.54) is 16.1 Å². The highest BCUT2D eigenvalue weighted by molar-refractivity contribution is 8.00. The van der Waals surface area contributed by atoms with Gasteiger partial charge in [-0.25, -0.2) is 8.42 Å². The summed E-state index contributed by atoms with van der Waals surface area (Å²) in [5.41, 5.74) is 0.738. The van der Waals surface area contributed by atoms with Crippen molar-refractivity contribution in [3.8, 4) is 11.4 Å². The van der Waals surface area contributed by atoms with Crippen LogP contribution < -0.4 is 0 Å². The van der Waals surface area contributed by atoms with Crippen LogP contribution in [-0.4, -0.2) is 71.6 Å². The van der Waals surface area contributed by atoms with Gasteiger partial charge < -0.3 is 14.0 Å². The lowest BCUT2D eigenvalue weighted by molar-refractivity contribution is -0.142. The first kappa shape index (κ1) is 22.7. The van der Waals surface area contributed by atoms with Crippen molar-refractivity contribution < 1.29 is 22.7 Å². The summed E-state index contributed by atoms with van der Waals surface area (Å²) in [6.45, 7) is 5.54. The second kappa shape index (κ2) is 9.90. The smallest absolute Gasteiger partial charge is 0.319 e. The predicted molar refractivity (Wildman–Crippen MR) is 113 cm³/mol. The van der Waals surface area contributed by atoms with Gasteiger partial charge in [-0.05, 0) is 37.6 Å². The molecule has 1 aliphatic rings. The highest BCUT2D eigenvalue weighted by Gasteiger charge is 2.27. The van der Waals surface area contributed by atoms with Gasteiger partial charge >= 0.3 is 5.97 Å². The molecule has 1 saturated heterocycles. The average Bonchev–Trinajstić information content (AvgIpc) is 3.12. The van der Waals surface area contributed by atoms with Crippen LogP contribution in [-0.2, 0) is 31.3 Å². The largest absolute Gasteiger partial charge is 0.465 e. The van der Waals surface area contributed by atoms with Crippen molar-refractivity contribution in [1.82, 2.24) is 19.1 Å². The second-order valence-corrected chi connectivity index (χ2v) is 9.78. The monoisotopic (exact) mass is 454 g/mol. The number of nitrogens with zero attached hydrogens (tertiary/aromatic N) is 4. The fraction of sp³-hybridized carbons (Fsp3) is 0.526. The number of benzene rings is 1. The Labute approximate surface area is 180 Å². The molecule has 0 unspecified atom stereocenters. The number of thioether (sulfide) groups is 1. The minimum absolute atomic E-state index is 0.235. The van der Waals surface area contributed by atoms with E-state index >= 15 is 0 Å². The Kier molecular flexibility index (Phi) is 7.50. The van der Waals surface area contributed by atoms with Gasteiger partial charge in [0.15, 0.2) is 11.0 Å². The van der Waals surface area contributed by atoms with Crippen molar-refractivity contribution in [2.24, 2.45) is 7.05 Å². The molecule has 0 amide bonds. The molecule has 9 nitrogen and oxygen atoms in total. The zero-order valence-corrected chi connectivity index (χ0v) is 18.9. The molecule has 1 fully saturated rings. The molecule has 1 aromatic carbocycles. The van der Waals surface area contributed by atoms with Gasteiger partial charge in [-0.1, -0.05) is 18.7 Å². The summed E-state index contributed by atoms with van der Waals surface area (Å²) in [4.78, 5) is 12.3. The van der Waals surface area contributed by atoms with E-state index in [0.29, 0.717) is 50.3 Å². The molecule has 0 saturated carbocycles. The number of aromatic nitrogens is 3. The fourth-order valence-electron chi connectivity index (χ4n) is 3.04. The molecule has 30 heavy (non-hydrogen) atoms. The maximum Gasteiger partial charge on any atom is 0.319 e. The first-order valence-electron chi connectivity index (χ1n) is 9.79. The summed E-state index contributed by atoms with van der Waals surface area (Å²) in [5, 5.41) is 8.65. The van der Waals surface area contributed by atoms with Crippen LogP contribution in [0.3, 0.4) is 0 Å². The Hall–Kier alpha value is -1.95. The minimum Gasteiger partial charge on any atom is -0.465 e. The number of hydrogen-bond acceptors (Lipinski definition) is 8. The van der Waals surface area contributed by atoms with Gasteiger partial charge in [0.05, 0.1) is 24.7 Å². The number of carbonyl (C=O) groups is 1. The molecule has 2 heterocycles. The highest BCUT2D eigenvalue weighted by atomic mass is 32.2. The lowest BCUT2D eigenvalue weighted by Gasteiger charge is -2.26. The van der Waals surface area contributed by atoms with E-state index in [2.05, 4.69) is 10.2 Å². The van der Waals surface area contributed by atoms with Crippen LogP contribution >= 0.6 is 11.8 Å². The Morgan fingerprint density at radius 2 is 1.87 bits per heavy atom. The first-order valence-corrected chi connectivity index (χ1v) is 12.1. The molecule has 1 aromatic heterocycles. The number of morpholine rings is 1. The second-order valence-electron chi connectivity index (χ2n) is 6.67. The fourth-order valence-corrected chi connectivity index (χ4v) is 5.37. The van der Waals surface area contributed by atoms with Crippen molar-refractivity contribution in [1.29, 1.82) is 0 Å². The normalized spacial score (nSPS) is 16.4. The van der Waals surface area contributed by atoms with Crippen LogP contribution in [0.5, 0.6) is 0 Å². The van der Waals surface area contributed by atoms with E-state index in [1.54, 1.807) is 35.8 Å². The van der Waals surface area contributed by atoms with E-state index in [0.717, 1.165) is 5.56 Å². The molecule has 0 bridgehead atoms. The summed E-state index contributed by atoms with van der Waals surface area (Å²) >= 11 is 1.31. The zero-order valence-electron chi connectivity index (χ0n) is 17.3. The van der Waals surface area contributed by atoms with Crippen LogP contribution in [0, 0.1) is 0 Å². The molecular weight excluding hydrogens is 428 g/mol. The van der Waals surface area contributed by atoms with Gasteiger partial charge in [0.25, 0.3) is 0 Å². The zero-order chi connectivity index (χ0) is 21.7.